The van der Waals surface area contributed by atoms with Crippen molar-refractivity contribution in [3.63, 3.8) is 0 Å². The van der Waals surface area contributed by atoms with Crippen LogP contribution >= 0.6 is 12.4 Å². The molecule has 1 atom stereocenters. The summed E-state index contributed by atoms with van der Waals surface area (Å²) in [5.74, 6) is 0.0684. The van der Waals surface area contributed by atoms with Crippen LogP contribution in [0.4, 0.5) is 0 Å². The lowest BCUT2D eigenvalue weighted by atomic mass is 9.91. The lowest BCUT2D eigenvalue weighted by Gasteiger charge is -2.20. The smallest absolute Gasteiger partial charge is 0.236 e. The van der Waals surface area contributed by atoms with E-state index >= 15 is 0 Å². The summed E-state index contributed by atoms with van der Waals surface area (Å²) in [4.78, 5) is 12.1. The maximum Gasteiger partial charge on any atom is 0.236 e. The molecule has 0 bridgehead atoms. The van der Waals surface area contributed by atoms with Gasteiger partial charge in [-0.25, -0.2) is 0 Å². The van der Waals surface area contributed by atoms with Crippen LogP contribution in [0.5, 0.6) is 0 Å². The number of halogens is 1. The topological polar surface area (TPSA) is 55.1 Å². The zero-order valence-corrected chi connectivity index (χ0v) is 14.3. The fraction of sp³-hybridized carbons (Fsp3) is 0.316. The fourth-order valence-corrected chi connectivity index (χ4v) is 2.57. The standard InChI is InChI=1S/C19H24N2O.ClH/c1-2-9-18(20)19(22)21-14-17(15-10-5-3-6-11-15)16-12-7-4-8-13-16;/h3-8,10-13,17-18H,2,9,14,20H2,1H3,(H,21,22);1H. The first-order chi connectivity index (χ1) is 10.7. The van der Waals surface area contributed by atoms with Crippen LogP contribution in [0.2, 0.25) is 0 Å². The second-order valence-electron chi connectivity index (χ2n) is 5.51. The molecule has 0 saturated carbocycles. The van der Waals surface area contributed by atoms with E-state index < -0.39 is 6.04 Å². The molecule has 0 heterocycles. The quantitative estimate of drug-likeness (QED) is 0.815. The molecule has 2 aromatic carbocycles. The number of benzene rings is 2. The zero-order valence-electron chi connectivity index (χ0n) is 13.4. The average Bonchev–Trinajstić information content (AvgIpc) is 2.57. The van der Waals surface area contributed by atoms with Crippen LogP contribution in [-0.4, -0.2) is 18.5 Å². The van der Waals surface area contributed by atoms with E-state index in [9.17, 15) is 4.79 Å². The number of hydrogen-bond donors (Lipinski definition) is 2. The SMILES string of the molecule is CCCC(N)C(=O)NCC(c1ccccc1)c1ccccc1.Cl. The van der Waals surface area contributed by atoms with Crippen LogP contribution in [0.1, 0.15) is 36.8 Å². The number of carbonyl (C=O) groups is 1. The van der Waals surface area contributed by atoms with E-state index in [4.69, 9.17) is 5.73 Å². The molecule has 0 fully saturated rings. The van der Waals surface area contributed by atoms with Crippen molar-refractivity contribution in [1.29, 1.82) is 0 Å². The van der Waals surface area contributed by atoms with Gasteiger partial charge in [-0.15, -0.1) is 12.4 Å². The van der Waals surface area contributed by atoms with Gasteiger partial charge in [-0.05, 0) is 17.5 Å². The Bertz CT molecular complexity index is 535. The van der Waals surface area contributed by atoms with Crippen molar-refractivity contribution in [2.75, 3.05) is 6.54 Å². The lowest BCUT2D eigenvalue weighted by Crippen LogP contribution is -2.42. The Kier molecular flexibility index (Phi) is 8.38. The minimum absolute atomic E-state index is 0. The molecule has 3 N–H and O–H groups in total. The van der Waals surface area contributed by atoms with E-state index in [1.165, 1.54) is 11.1 Å². The second-order valence-corrected chi connectivity index (χ2v) is 5.51. The van der Waals surface area contributed by atoms with Gasteiger partial charge in [0.1, 0.15) is 0 Å². The molecule has 23 heavy (non-hydrogen) atoms. The minimum atomic E-state index is -0.419. The molecule has 0 aliphatic rings. The van der Waals surface area contributed by atoms with Gasteiger partial charge in [-0.1, -0.05) is 74.0 Å². The summed E-state index contributed by atoms with van der Waals surface area (Å²) in [6, 6.07) is 20.1. The second kappa shape index (κ2) is 10.0. The Morgan fingerprint density at radius 1 is 1.00 bits per heavy atom. The molecule has 0 spiro atoms. The Morgan fingerprint density at radius 2 is 1.48 bits per heavy atom. The van der Waals surface area contributed by atoms with Gasteiger partial charge in [0, 0.05) is 12.5 Å². The number of rotatable bonds is 7. The van der Waals surface area contributed by atoms with E-state index in [-0.39, 0.29) is 24.2 Å². The minimum Gasteiger partial charge on any atom is -0.354 e. The highest BCUT2D eigenvalue weighted by Crippen LogP contribution is 2.23. The molecular formula is C19H25ClN2O. The molecule has 0 radical (unpaired) electrons. The molecule has 124 valence electrons. The average molecular weight is 333 g/mol. The van der Waals surface area contributed by atoms with Gasteiger partial charge in [0.25, 0.3) is 0 Å². The molecule has 1 unspecified atom stereocenters. The number of carbonyl (C=O) groups excluding carboxylic acids is 1. The number of nitrogens with one attached hydrogen (secondary N) is 1. The van der Waals surface area contributed by atoms with Crippen molar-refractivity contribution in [2.24, 2.45) is 5.73 Å². The Labute approximate surface area is 144 Å². The summed E-state index contributed by atoms with van der Waals surface area (Å²) in [6.45, 7) is 2.59. The highest BCUT2D eigenvalue weighted by Gasteiger charge is 2.17. The maximum atomic E-state index is 12.1. The number of hydrogen-bond acceptors (Lipinski definition) is 2. The monoisotopic (exact) mass is 332 g/mol. The normalized spacial score (nSPS) is 11.6. The summed E-state index contributed by atoms with van der Waals surface area (Å²) in [5, 5.41) is 3.00. The predicted molar refractivity (Wildman–Crippen MR) is 97.9 cm³/mol. The van der Waals surface area contributed by atoms with Crippen molar-refractivity contribution in [1.82, 2.24) is 5.32 Å². The molecule has 3 nitrogen and oxygen atoms in total. The highest BCUT2D eigenvalue weighted by molar-refractivity contribution is 5.85. The van der Waals surface area contributed by atoms with E-state index in [2.05, 4.69) is 29.6 Å². The van der Waals surface area contributed by atoms with E-state index in [0.29, 0.717) is 13.0 Å². The van der Waals surface area contributed by atoms with Gasteiger partial charge in [0.05, 0.1) is 6.04 Å². The molecule has 0 aliphatic carbocycles. The first-order valence-electron chi connectivity index (χ1n) is 7.85. The van der Waals surface area contributed by atoms with E-state index in [1.807, 2.05) is 43.3 Å². The Morgan fingerprint density at radius 3 is 1.91 bits per heavy atom. The molecule has 1 amide bonds. The van der Waals surface area contributed by atoms with Gasteiger partial charge in [-0.2, -0.15) is 0 Å². The summed E-state index contributed by atoms with van der Waals surface area (Å²) >= 11 is 0. The molecule has 4 heteroatoms. The van der Waals surface area contributed by atoms with Crippen LogP contribution in [0, 0.1) is 0 Å². The largest absolute Gasteiger partial charge is 0.354 e. The first kappa shape index (κ1) is 19.2. The van der Waals surface area contributed by atoms with Crippen LogP contribution < -0.4 is 11.1 Å². The molecule has 2 rings (SSSR count). The third-order valence-electron chi connectivity index (χ3n) is 3.82. The summed E-state index contributed by atoms with van der Waals surface area (Å²) in [5.41, 5.74) is 8.26. The van der Waals surface area contributed by atoms with Crippen molar-refractivity contribution < 1.29 is 4.79 Å². The van der Waals surface area contributed by atoms with Gasteiger partial charge in [0.2, 0.25) is 5.91 Å². The van der Waals surface area contributed by atoms with E-state index in [1.54, 1.807) is 0 Å². The number of nitrogens with two attached hydrogens (primary N) is 1. The predicted octanol–water partition coefficient (Wildman–Crippen LogP) is 3.48. The third kappa shape index (κ3) is 5.70. The van der Waals surface area contributed by atoms with E-state index in [0.717, 1.165) is 6.42 Å². The van der Waals surface area contributed by atoms with Crippen LogP contribution in [0.25, 0.3) is 0 Å². The molecule has 0 saturated heterocycles. The third-order valence-corrected chi connectivity index (χ3v) is 3.82. The molecule has 0 aliphatic heterocycles. The fourth-order valence-electron chi connectivity index (χ4n) is 2.57. The van der Waals surface area contributed by atoms with Crippen LogP contribution in [0.15, 0.2) is 60.7 Å². The Hall–Kier alpha value is -1.84. The number of amides is 1. The zero-order chi connectivity index (χ0) is 15.8. The van der Waals surface area contributed by atoms with Crippen molar-refractivity contribution in [3.8, 4) is 0 Å². The molecular weight excluding hydrogens is 308 g/mol. The molecule has 2 aromatic rings. The van der Waals surface area contributed by atoms with Gasteiger partial charge < -0.3 is 11.1 Å². The first-order valence-corrected chi connectivity index (χ1v) is 7.85. The maximum absolute atomic E-state index is 12.1. The van der Waals surface area contributed by atoms with Crippen LogP contribution in [0.3, 0.4) is 0 Å². The van der Waals surface area contributed by atoms with Gasteiger partial charge >= 0.3 is 0 Å². The summed E-state index contributed by atoms with van der Waals surface area (Å²) in [7, 11) is 0. The summed E-state index contributed by atoms with van der Waals surface area (Å²) in [6.07, 6.45) is 1.63. The van der Waals surface area contributed by atoms with Crippen molar-refractivity contribution >= 4 is 18.3 Å². The van der Waals surface area contributed by atoms with Crippen molar-refractivity contribution in [3.05, 3.63) is 71.8 Å². The van der Waals surface area contributed by atoms with Crippen LogP contribution in [-0.2, 0) is 4.79 Å². The highest BCUT2D eigenvalue weighted by atomic mass is 35.5. The Balaban J connectivity index is 0.00000264. The molecule has 0 aromatic heterocycles. The lowest BCUT2D eigenvalue weighted by molar-refractivity contribution is -0.122. The van der Waals surface area contributed by atoms with Gasteiger partial charge in [-0.3, -0.25) is 4.79 Å². The van der Waals surface area contributed by atoms with Gasteiger partial charge in [0.15, 0.2) is 0 Å². The van der Waals surface area contributed by atoms with Crippen molar-refractivity contribution in [2.45, 2.75) is 31.7 Å². The summed E-state index contributed by atoms with van der Waals surface area (Å²) < 4.78 is 0.